The fourth-order valence-electron chi connectivity index (χ4n) is 1.77. The Labute approximate surface area is 134 Å². The molecular weight excluding hydrogens is 302 g/mol. The molecule has 0 amide bonds. The largest absolute Gasteiger partial charge is 0.479 e. The Kier molecular flexibility index (Phi) is 5.17. The van der Waals surface area contributed by atoms with Crippen LogP contribution in [-0.2, 0) is 4.79 Å². The molecule has 0 fully saturated rings. The summed E-state index contributed by atoms with van der Waals surface area (Å²) in [5.41, 5.74) is 2.62. The Morgan fingerprint density at radius 2 is 1.95 bits per heavy atom. The molecule has 114 valence electrons. The van der Waals surface area contributed by atoms with Crippen LogP contribution in [0, 0.1) is 6.92 Å². The maximum Gasteiger partial charge on any atom is 0.344 e. The Morgan fingerprint density at radius 3 is 2.59 bits per heavy atom. The van der Waals surface area contributed by atoms with Crippen LogP contribution in [0.1, 0.15) is 18.1 Å². The number of carboxylic acids is 1. The van der Waals surface area contributed by atoms with E-state index in [2.05, 4.69) is 4.99 Å². The summed E-state index contributed by atoms with van der Waals surface area (Å²) in [6.07, 6.45) is 0.844. The van der Waals surface area contributed by atoms with Gasteiger partial charge in [-0.2, -0.15) is 0 Å². The molecule has 0 radical (unpaired) electrons. The number of aliphatic carboxylic acids is 1. The second-order valence-electron chi connectivity index (χ2n) is 4.81. The van der Waals surface area contributed by atoms with E-state index in [0.717, 1.165) is 16.8 Å². The van der Waals surface area contributed by atoms with E-state index in [-0.39, 0.29) is 0 Å². The van der Waals surface area contributed by atoms with E-state index in [4.69, 9.17) is 21.4 Å². The summed E-state index contributed by atoms with van der Waals surface area (Å²) in [5.74, 6) is -0.493. The number of rotatable bonds is 5. The fraction of sp³-hybridized carbons (Fsp3) is 0.176. The van der Waals surface area contributed by atoms with Crippen molar-refractivity contribution in [3.63, 3.8) is 0 Å². The molecular formula is C17H16ClNO3. The minimum Gasteiger partial charge on any atom is -0.479 e. The monoisotopic (exact) mass is 317 g/mol. The second-order valence-corrected chi connectivity index (χ2v) is 5.22. The molecule has 2 aromatic rings. The summed E-state index contributed by atoms with van der Waals surface area (Å²) < 4.78 is 5.27. The molecule has 0 aliphatic rings. The lowest BCUT2D eigenvalue weighted by atomic mass is 10.2. The van der Waals surface area contributed by atoms with Crippen molar-refractivity contribution >= 4 is 29.5 Å². The van der Waals surface area contributed by atoms with Crippen molar-refractivity contribution in [1.82, 2.24) is 0 Å². The van der Waals surface area contributed by atoms with E-state index in [1.54, 1.807) is 18.3 Å². The number of benzene rings is 2. The number of carbonyl (C=O) groups is 1. The second kappa shape index (κ2) is 7.09. The third-order valence-corrected chi connectivity index (χ3v) is 3.54. The van der Waals surface area contributed by atoms with E-state index in [0.29, 0.717) is 10.8 Å². The number of hydrogen-bond acceptors (Lipinski definition) is 3. The lowest BCUT2D eigenvalue weighted by Crippen LogP contribution is -2.22. The van der Waals surface area contributed by atoms with Crippen LogP contribution >= 0.6 is 11.6 Å². The van der Waals surface area contributed by atoms with Crippen molar-refractivity contribution in [2.75, 3.05) is 0 Å². The first-order valence-electron chi connectivity index (χ1n) is 6.76. The van der Waals surface area contributed by atoms with Crippen LogP contribution in [0.15, 0.2) is 47.5 Å². The number of halogens is 1. The summed E-state index contributed by atoms with van der Waals surface area (Å²) in [6, 6.07) is 12.6. The number of hydrogen-bond donors (Lipinski definition) is 1. The van der Waals surface area contributed by atoms with E-state index in [9.17, 15) is 4.79 Å². The van der Waals surface area contributed by atoms with Crippen molar-refractivity contribution in [1.29, 1.82) is 0 Å². The number of aliphatic imine (C=N–C) groups is 1. The Hall–Kier alpha value is -2.33. The molecule has 22 heavy (non-hydrogen) atoms. The highest BCUT2D eigenvalue weighted by Gasteiger charge is 2.11. The van der Waals surface area contributed by atoms with Crippen LogP contribution in [0.25, 0.3) is 0 Å². The van der Waals surface area contributed by atoms with Gasteiger partial charge in [0.05, 0.1) is 5.69 Å². The minimum atomic E-state index is -0.998. The summed E-state index contributed by atoms with van der Waals surface area (Å²) in [5, 5.41) is 9.48. The first-order valence-corrected chi connectivity index (χ1v) is 7.14. The third-order valence-electron chi connectivity index (χ3n) is 3.13. The van der Waals surface area contributed by atoms with Crippen molar-refractivity contribution in [2.45, 2.75) is 20.0 Å². The van der Waals surface area contributed by atoms with E-state index < -0.39 is 12.1 Å². The quantitative estimate of drug-likeness (QED) is 0.839. The zero-order valence-corrected chi connectivity index (χ0v) is 13.0. The SMILES string of the molecule is Cc1c(Cl)cccc1N=Cc1ccc(O[C@H](C)C(=O)O)cc1. The smallest absolute Gasteiger partial charge is 0.344 e. The highest BCUT2D eigenvalue weighted by Crippen LogP contribution is 2.25. The molecule has 4 nitrogen and oxygen atoms in total. The van der Waals surface area contributed by atoms with E-state index >= 15 is 0 Å². The van der Waals surface area contributed by atoms with Crippen LogP contribution in [0.4, 0.5) is 5.69 Å². The zero-order chi connectivity index (χ0) is 16.1. The van der Waals surface area contributed by atoms with Crippen LogP contribution in [0.2, 0.25) is 5.02 Å². The topological polar surface area (TPSA) is 58.9 Å². The predicted molar refractivity (Wildman–Crippen MR) is 87.6 cm³/mol. The highest BCUT2D eigenvalue weighted by atomic mass is 35.5. The number of carboxylic acid groups (broad SMARTS) is 1. The normalized spacial score (nSPS) is 12.3. The van der Waals surface area contributed by atoms with Crippen LogP contribution in [-0.4, -0.2) is 23.4 Å². The maximum atomic E-state index is 10.7. The molecule has 0 saturated carbocycles. The Bertz CT molecular complexity index is 696. The van der Waals surface area contributed by atoms with Gasteiger partial charge in [0, 0.05) is 11.2 Å². The molecule has 0 aromatic heterocycles. The standard InChI is InChI=1S/C17H16ClNO3/c1-11-15(18)4-3-5-16(11)19-10-13-6-8-14(9-7-13)22-12(2)17(20)21/h3-10,12H,1-2H3,(H,20,21)/t12-/m1/s1. The summed E-state index contributed by atoms with van der Waals surface area (Å²) in [6.45, 7) is 3.40. The molecule has 0 heterocycles. The molecule has 0 bridgehead atoms. The van der Waals surface area contributed by atoms with Crippen molar-refractivity contribution in [3.8, 4) is 5.75 Å². The van der Waals surface area contributed by atoms with Crippen molar-refractivity contribution < 1.29 is 14.6 Å². The van der Waals surface area contributed by atoms with Gasteiger partial charge in [0.25, 0.3) is 0 Å². The lowest BCUT2D eigenvalue weighted by Gasteiger charge is -2.10. The van der Waals surface area contributed by atoms with Gasteiger partial charge in [0.15, 0.2) is 6.10 Å². The van der Waals surface area contributed by atoms with Gasteiger partial charge in [-0.25, -0.2) is 4.79 Å². The van der Waals surface area contributed by atoms with Gasteiger partial charge in [-0.3, -0.25) is 4.99 Å². The Balaban J connectivity index is 2.09. The average molecular weight is 318 g/mol. The molecule has 0 spiro atoms. The maximum absolute atomic E-state index is 10.7. The third kappa shape index (κ3) is 4.09. The lowest BCUT2D eigenvalue weighted by molar-refractivity contribution is -0.144. The van der Waals surface area contributed by atoms with E-state index in [1.807, 2.05) is 37.3 Å². The van der Waals surface area contributed by atoms with Crippen LogP contribution < -0.4 is 4.74 Å². The van der Waals surface area contributed by atoms with Gasteiger partial charge in [-0.15, -0.1) is 0 Å². The molecule has 1 N–H and O–H groups in total. The van der Waals surface area contributed by atoms with Gasteiger partial charge >= 0.3 is 5.97 Å². The summed E-state index contributed by atoms with van der Waals surface area (Å²) in [4.78, 5) is 15.1. The minimum absolute atomic E-state index is 0.506. The zero-order valence-electron chi connectivity index (χ0n) is 12.3. The summed E-state index contributed by atoms with van der Waals surface area (Å²) in [7, 11) is 0. The molecule has 2 rings (SSSR count). The van der Waals surface area contributed by atoms with Gasteiger partial charge in [-0.1, -0.05) is 17.7 Å². The van der Waals surface area contributed by atoms with Gasteiger partial charge in [-0.05, 0) is 61.4 Å². The molecule has 2 aromatic carbocycles. The molecule has 5 heteroatoms. The van der Waals surface area contributed by atoms with E-state index in [1.165, 1.54) is 6.92 Å². The predicted octanol–water partition coefficient (Wildman–Crippen LogP) is 4.25. The average Bonchev–Trinajstić information content (AvgIpc) is 2.50. The Morgan fingerprint density at radius 1 is 1.27 bits per heavy atom. The van der Waals surface area contributed by atoms with Crippen LogP contribution in [0.5, 0.6) is 5.75 Å². The van der Waals surface area contributed by atoms with Crippen molar-refractivity contribution in [3.05, 3.63) is 58.6 Å². The summed E-state index contributed by atoms with van der Waals surface area (Å²) >= 11 is 6.05. The van der Waals surface area contributed by atoms with Crippen LogP contribution in [0.3, 0.4) is 0 Å². The highest BCUT2D eigenvalue weighted by molar-refractivity contribution is 6.31. The fourth-order valence-corrected chi connectivity index (χ4v) is 1.94. The number of ether oxygens (including phenoxy) is 1. The van der Waals surface area contributed by atoms with Crippen molar-refractivity contribution in [2.24, 2.45) is 4.99 Å². The van der Waals surface area contributed by atoms with Gasteiger partial charge < -0.3 is 9.84 Å². The number of nitrogens with zero attached hydrogens (tertiary/aromatic N) is 1. The molecule has 0 unspecified atom stereocenters. The first-order chi connectivity index (χ1) is 10.5. The van der Waals surface area contributed by atoms with Gasteiger partial charge in [0.2, 0.25) is 0 Å². The van der Waals surface area contributed by atoms with Gasteiger partial charge in [0.1, 0.15) is 5.75 Å². The molecule has 0 saturated heterocycles. The molecule has 0 aliphatic carbocycles. The first kappa shape index (κ1) is 16.0. The molecule has 0 aliphatic heterocycles. The molecule has 1 atom stereocenters.